The van der Waals surface area contributed by atoms with Crippen molar-refractivity contribution in [1.82, 2.24) is 4.90 Å². The normalized spacial score (nSPS) is 13.3. The van der Waals surface area contributed by atoms with Crippen LogP contribution in [0.4, 0.5) is 15.1 Å². The number of amides is 3. The van der Waals surface area contributed by atoms with Crippen LogP contribution >= 0.6 is 23.1 Å². The summed E-state index contributed by atoms with van der Waals surface area (Å²) in [6.07, 6.45) is 0.506. The molecular weight excluding hydrogens is 529 g/mol. The molecule has 1 atom stereocenters. The number of hydrogen-bond acceptors (Lipinski definition) is 7. The standard InChI is InChI=1S/C27H26FN3O5S2/c1-15(37-20-6-4-5-19(13-20)29-25(34)17-7-9-18(28)10-8-17)24(33)30-26-23(27(35)36-3)21-11-12-31(16(2)32)14-22(21)38-26/h4-10,13,15H,11-12,14H2,1-3H3,(H,29,34)(H,30,33). The lowest BCUT2D eigenvalue weighted by Gasteiger charge is -2.25. The van der Waals surface area contributed by atoms with Crippen molar-refractivity contribution < 1.29 is 28.3 Å². The van der Waals surface area contributed by atoms with Crippen molar-refractivity contribution in [1.29, 1.82) is 0 Å². The van der Waals surface area contributed by atoms with Gasteiger partial charge in [-0.15, -0.1) is 23.1 Å². The van der Waals surface area contributed by atoms with Gasteiger partial charge in [0.15, 0.2) is 0 Å². The SMILES string of the molecule is COC(=O)c1c(NC(=O)C(C)Sc2cccc(NC(=O)c3ccc(F)cc3)c2)sc2c1CCN(C(C)=O)C2. The smallest absolute Gasteiger partial charge is 0.341 e. The van der Waals surface area contributed by atoms with Gasteiger partial charge >= 0.3 is 5.97 Å². The molecule has 3 aromatic rings. The summed E-state index contributed by atoms with van der Waals surface area (Å²) in [5, 5.41) is 5.52. The maximum Gasteiger partial charge on any atom is 0.341 e. The van der Waals surface area contributed by atoms with E-state index in [9.17, 15) is 23.6 Å². The van der Waals surface area contributed by atoms with Crippen LogP contribution < -0.4 is 10.6 Å². The number of hydrogen-bond donors (Lipinski definition) is 2. The number of ether oxygens (including phenoxy) is 1. The summed E-state index contributed by atoms with van der Waals surface area (Å²) >= 11 is 2.57. The number of benzene rings is 2. The van der Waals surface area contributed by atoms with E-state index in [0.29, 0.717) is 41.3 Å². The Hall–Kier alpha value is -3.70. The first-order valence-electron chi connectivity index (χ1n) is 11.8. The maximum absolute atomic E-state index is 13.1. The third-order valence-corrected chi connectivity index (χ3v) is 8.23. The van der Waals surface area contributed by atoms with Crippen LogP contribution in [0.1, 0.15) is 45.0 Å². The van der Waals surface area contributed by atoms with E-state index < -0.39 is 17.0 Å². The van der Waals surface area contributed by atoms with E-state index in [-0.39, 0.29) is 17.7 Å². The molecule has 8 nitrogen and oxygen atoms in total. The van der Waals surface area contributed by atoms with E-state index in [4.69, 9.17) is 4.74 Å². The zero-order chi connectivity index (χ0) is 27.4. The van der Waals surface area contributed by atoms with E-state index in [1.54, 1.807) is 30.0 Å². The largest absolute Gasteiger partial charge is 0.465 e. The summed E-state index contributed by atoms with van der Waals surface area (Å²) < 4.78 is 18.1. The van der Waals surface area contributed by atoms with Crippen LogP contribution in [0.15, 0.2) is 53.4 Å². The van der Waals surface area contributed by atoms with Gasteiger partial charge in [-0.05, 0) is 61.4 Å². The lowest BCUT2D eigenvalue weighted by atomic mass is 10.0. The fraction of sp³-hybridized carbons (Fsp3) is 0.259. The Labute approximate surface area is 227 Å². The van der Waals surface area contributed by atoms with Gasteiger partial charge in [-0.25, -0.2) is 9.18 Å². The number of rotatable bonds is 7. The van der Waals surface area contributed by atoms with Gasteiger partial charge in [-0.1, -0.05) is 6.07 Å². The molecule has 2 heterocycles. The molecule has 4 rings (SSSR count). The zero-order valence-electron chi connectivity index (χ0n) is 21.0. The molecule has 0 radical (unpaired) electrons. The summed E-state index contributed by atoms with van der Waals surface area (Å²) in [7, 11) is 1.29. The number of nitrogens with zero attached hydrogens (tertiary/aromatic N) is 1. The van der Waals surface area contributed by atoms with Gasteiger partial charge in [0.1, 0.15) is 10.8 Å². The lowest BCUT2D eigenvalue weighted by Crippen LogP contribution is -2.33. The molecule has 0 bridgehead atoms. The molecule has 1 unspecified atom stereocenters. The Morgan fingerprint density at radius 2 is 1.84 bits per heavy atom. The number of fused-ring (bicyclic) bond motifs is 1. The van der Waals surface area contributed by atoms with Crippen LogP contribution in [0, 0.1) is 5.82 Å². The van der Waals surface area contributed by atoms with E-state index in [0.717, 1.165) is 15.3 Å². The quantitative estimate of drug-likeness (QED) is 0.316. The third kappa shape index (κ3) is 6.22. The van der Waals surface area contributed by atoms with Crippen LogP contribution in [-0.2, 0) is 27.3 Å². The fourth-order valence-corrected chi connectivity index (χ4v) is 6.18. The molecule has 38 heavy (non-hydrogen) atoms. The molecule has 0 saturated heterocycles. The minimum atomic E-state index is -0.531. The molecule has 2 aromatic carbocycles. The van der Waals surface area contributed by atoms with Crippen molar-refractivity contribution in [3.8, 4) is 0 Å². The predicted molar refractivity (Wildman–Crippen MR) is 145 cm³/mol. The Morgan fingerprint density at radius 3 is 2.53 bits per heavy atom. The lowest BCUT2D eigenvalue weighted by molar-refractivity contribution is -0.129. The van der Waals surface area contributed by atoms with Crippen molar-refractivity contribution in [2.24, 2.45) is 0 Å². The van der Waals surface area contributed by atoms with E-state index in [2.05, 4.69) is 10.6 Å². The van der Waals surface area contributed by atoms with E-state index in [1.807, 2.05) is 6.07 Å². The van der Waals surface area contributed by atoms with Crippen LogP contribution in [0.25, 0.3) is 0 Å². The number of methoxy groups -OCH3 is 1. The van der Waals surface area contributed by atoms with E-state index >= 15 is 0 Å². The first-order valence-corrected chi connectivity index (χ1v) is 13.5. The van der Waals surface area contributed by atoms with Crippen LogP contribution in [0.2, 0.25) is 0 Å². The molecule has 198 valence electrons. The molecule has 2 N–H and O–H groups in total. The number of anilines is 2. The molecule has 11 heteroatoms. The van der Waals surface area contributed by atoms with Gasteiger partial charge in [0.25, 0.3) is 5.91 Å². The average Bonchev–Trinajstić information content (AvgIpc) is 3.25. The van der Waals surface area contributed by atoms with Crippen molar-refractivity contribution in [3.05, 3.63) is 75.9 Å². The van der Waals surface area contributed by atoms with Crippen LogP contribution in [-0.4, -0.2) is 47.5 Å². The number of thioether (sulfide) groups is 1. The van der Waals surface area contributed by atoms with Crippen LogP contribution in [0.3, 0.4) is 0 Å². The molecule has 0 spiro atoms. The molecular formula is C27H26FN3O5S2. The average molecular weight is 556 g/mol. The molecule has 1 aliphatic heterocycles. The summed E-state index contributed by atoms with van der Waals surface area (Å²) in [5.41, 5.74) is 2.00. The molecule has 0 aliphatic carbocycles. The number of carbonyl (C=O) groups excluding carboxylic acids is 4. The van der Waals surface area contributed by atoms with Crippen molar-refractivity contribution in [2.45, 2.75) is 37.0 Å². The zero-order valence-corrected chi connectivity index (χ0v) is 22.6. The maximum atomic E-state index is 13.1. The van der Waals surface area contributed by atoms with Gasteiger partial charge in [0.2, 0.25) is 11.8 Å². The van der Waals surface area contributed by atoms with Gasteiger partial charge in [-0.3, -0.25) is 14.4 Å². The van der Waals surface area contributed by atoms with Crippen molar-refractivity contribution in [3.63, 3.8) is 0 Å². The first-order chi connectivity index (χ1) is 18.2. The van der Waals surface area contributed by atoms with Gasteiger partial charge in [-0.2, -0.15) is 0 Å². The summed E-state index contributed by atoms with van der Waals surface area (Å²) in [6.45, 7) is 4.13. The highest BCUT2D eigenvalue weighted by Gasteiger charge is 2.30. The number of esters is 1. The highest BCUT2D eigenvalue weighted by Crippen LogP contribution is 2.38. The number of thiophene rings is 1. The Kier molecular flexibility index (Phi) is 8.48. The Morgan fingerprint density at radius 1 is 1.11 bits per heavy atom. The molecule has 3 amide bonds. The predicted octanol–water partition coefficient (Wildman–Crippen LogP) is 4.95. The summed E-state index contributed by atoms with van der Waals surface area (Å²) in [6, 6.07) is 12.3. The molecule has 0 fully saturated rings. The second-order valence-electron chi connectivity index (χ2n) is 8.63. The Balaban J connectivity index is 1.45. The monoisotopic (exact) mass is 555 g/mol. The topological polar surface area (TPSA) is 105 Å². The van der Waals surface area contributed by atoms with Crippen LogP contribution in [0.5, 0.6) is 0 Å². The molecule has 1 aliphatic rings. The highest BCUT2D eigenvalue weighted by atomic mass is 32.2. The summed E-state index contributed by atoms with van der Waals surface area (Å²) in [5.74, 6) is -1.68. The van der Waals surface area contributed by atoms with Gasteiger partial charge < -0.3 is 20.3 Å². The minimum Gasteiger partial charge on any atom is -0.465 e. The Bertz CT molecular complexity index is 1390. The number of carbonyl (C=O) groups is 4. The second-order valence-corrected chi connectivity index (χ2v) is 11.1. The summed E-state index contributed by atoms with van der Waals surface area (Å²) in [4.78, 5) is 53.3. The number of halogens is 1. The van der Waals surface area contributed by atoms with Crippen molar-refractivity contribution in [2.75, 3.05) is 24.3 Å². The molecule has 0 saturated carbocycles. The molecule has 1 aromatic heterocycles. The van der Waals surface area contributed by atoms with Gasteiger partial charge in [0.05, 0.1) is 24.5 Å². The first kappa shape index (κ1) is 27.3. The van der Waals surface area contributed by atoms with E-state index in [1.165, 1.54) is 61.4 Å². The van der Waals surface area contributed by atoms with Crippen molar-refractivity contribution >= 4 is 57.5 Å². The van der Waals surface area contributed by atoms with Gasteiger partial charge in [0, 0.05) is 34.5 Å². The highest BCUT2D eigenvalue weighted by molar-refractivity contribution is 8.00. The minimum absolute atomic E-state index is 0.0460. The number of nitrogens with one attached hydrogen (secondary N) is 2. The third-order valence-electron chi connectivity index (χ3n) is 6.01. The fourth-order valence-electron chi connectivity index (χ4n) is 4.00. The second kappa shape index (κ2) is 11.8.